The minimum atomic E-state index is -3.49. The van der Waals surface area contributed by atoms with E-state index in [0.29, 0.717) is 24.8 Å². The van der Waals surface area contributed by atoms with Crippen LogP contribution < -0.4 is 0 Å². The maximum atomic E-state index is 12.5. The first-order valence-electron chi connectivity index (χ1n) is 5.83. The Bertz CT molecular complexity index is 524. The molecule has 0 amide bonds. The molecule has 4 nitrogen and oxygen atoms in total. The van der Waals surface area contributed by atoms with E-state index in [2.05, 4.69) is 15.9 Å². The molecule has 1 aliphatic carbocycles. The molecule has 0 saturated heterocycles. The molecule has 0 aliphatic heterocycles. The topological polar surface area (TPSA) is 50.5 Å². The van der Waals surface area contributed by atoms with Crippen molar-refractivity contribution in [3.63, 3.8) is 0 Å². The normalized spacial score (nSPS) is 16.4. The molecular weight excluding hydrogens is 342 g/mol. The van der Waals surface area contributed by atoms with Crippen molar-refractivity contribution in [1.29, 1.82) is 0 Å². The minimum absolute atomic E-state index is 0.156. The first kappa shape index (κ1) is 14.4. The van der Waals surface area contributed by atoms with Gasteiger partial charge in [0, 0.05) is 19.2 Å². The molecule has 1 heterocycles. The molecule has 0 spiro atoms. The maximum absolute atomic E-state index is 12.5. The number of hydrogen-bond donors (Lipinski definition) is 0. The summed E-state index contributed by atoms with van der Waals surface area (Å²) in [6, 6.07) is 1.49. The fourth-order valence-corrected chi connectivity index (χ4v) is 4.38. The molecule has 0 unspecified atom stereocenters. The maximum Gasteiger partial charge on any atom is 0.247 e. The van der Waals surface area contributed by atoms with Gasteiger partial charge in [-0.05, 0) is 34.7 Å². The van der Waals surface area contributed by atoms with Gasteiger partial charge in [-0.25, -0.2) is 8.42 Å². The van der Waals surface area contributed by atoms with Crippen molar-refractivity contribution in [1.82, 2.24) is 4.31 Å². The monoisotopic (exact) mass is 355 g/mol. The summed E-state index contributed by atoms with van der Waals surface area (Å²) in [6.45, 7) is 2.90. The van der Waals surface area contributed by atoms with E-state index >= 15 is 0 Å². The lowest BCUT2D eigenvalue weighted by Gasteiger charge is -2.19. The first-order chi connectivity index (χ1) is 8.48. The van der Waals surface area contributed by atoms with Gasteiger partial charge in [0.1, 0.15) is 10.7 Å². The number of alkyl halides is 1. The number of halogens is 2. The van der Waals surface area contributed by atoms with Crippen LogP contribution in [0.2, 0.25) is 0 Å². The van der Waals surface area contributed by atoms with Crippen LogP contribution in [0.15, 0.2) is 20.0 Å². The van der Waals surface area contributed by atoms with E-state index in [-0.39, 0.29) is 15.4 Å². The van der Waals surface area contributed by atoms with Gasteiger partial charge in [0.05, 0.1) is 5.88 Å². The molecule has 7 heteroatoms. The minimum Gasteiger partial charge on any atom is -0.452 e. The molecule has 1 fully saturated rings. The van der Waals surface area contributed by atoms with E-state index in [1.165, 1.54) is 10.4 Å². The van der Waals surface area contributed by atoms with E-state index in [0.717, 1.165) is 12.8 Å². The largest absolute Gasteiger partial charge is 0.452 e. The molecule has 1 aromatic heterocycles. The molecule has 102 valence electrons. The van der Waals surface area contributed by atoms with Crippen molar-refractivity contribution in [3.05, 3.63) is 16.5 Å². The summed E-state index contributed by atoms with van der Waals surface area (Å²) >= 11 is 8.79. The van der Waals surface area contributed by atoms with Crippen LogP contribution in [0.4, 0.5) is 0 Å². The molecule has 0 atom stereocenters. The average Bonchev–Trinajstić information content (AvgIpc) is 3.07. The van der Waals surface area contributed by atoms with E-state index in [4.69, 9.17) is 16.0 Å². The summed E-state index contributed by atoms with van der Waals surface area (Å²) in [5.74, 6) is 1.12. The zero-order valence-electron chi connectivity index (χ0n) is 10.0. The van der Waals surface area contributed by atoms with Crippen molar-refractivity contribution in [2.24, 2.45) is 5.92 Å². The van der Waals surface area contributed by atoms with Crippen LogP contribution in [0.3, 0.4) is 0 Å². The molecular formula is C11H15BrClNO3S. The van der Waals surface area contributed by atoms with E-state index < -0.39 is 10.0 Å². The highest BCUT2D eigenvalue weighted by atomic mass is 79.9. The van der Waals surface area contributed by atoms with Gasteiger partial charge in [0.15, 0.2) is 4.67 Å². The Kier molecular flexibility index (Phi) is 4.41. The lowest BCUT2D eigenvalue weighted by molar-refractivity contribution is 0.410. The zero-order valence-corrected chi connectivity index (χ0v) is 13.2. The smallest absolute Gasteiger partial charge is 0.247 e. The van der Waals surface area contributed by atoms with Crippen LogP contribution in [0.5, 0.6) is 0 Å². The van der Waals surface area contributed by atoms with E-state index in [1.807, 2.05) is 6.92 Å². The van der Waals surface area contributed by atoms with Crippen LogP contribution >= 0.6 is 27.5 Å². The number of rotatable bonds is 6. The average molecular weight is 357 g/mol. The van der Waals surface area contributed by atoms with Crippen LogP contribution in [0.1, 0.15) is 25.5 Å². The van der Waals surface area contributed by atoms with Gasteiger partial charge in [-0.1, -0.05) is 6.92 Å². The van der Waals surface area contributed by atoms with Gasteiger partial charge in [-0.3, -0.25) is 0 Å². The Morgan fingerprint density at radius 1 is 1.56 bits per heavy atom. The fraction of sp³-hybridized carbons (Fsp3) is 0.636. The molecule has 2 rings (SSSR count). The summed E-state index contributed by atoms with van der Waals surface area (Å²) in [5.41, 5.74) is 0. The van der Waals surface area contributed by atoms with Crippen molar-refractivity contribution in [2.45, 2.75) is 30.5 Å². The molecule has 18 heavy (non-hydrogen) atoms. The van der Waals surface area contributed by atoms with Crippen LogP contribution in [-0.2, 0) is 15.9 Å². The predicted molar refractivity (Wildman–Crippen MR) is 73.1 cm³/mol. The third-order valence-electron chi connectivity index (χ3n) is 2.97. The van der Waals surface area contributed by atoms with Gasteiger partial charge in [0.2, 0.25) is 10.0 Å². The highest BCUT2D eigenvalue weighted by Gasteiger charge is 2.33. The van der Waals surface area contributed by atoms with Gasteiger partial charge < -0.3 is 4.42 Å². The third-order valence-corrected chi connectivity index (χ3v) is 6.03. The van der Waals surface area contributed by atoms with Gasteiger partial charge in [-0.15, -0.1) is 11.6 Å². The summed E-state index contributed by atoms with van der Waals surface area (Å²) in [7, 11) is -3.49. The lowest BCUT2D eigenvalue weighted by atomic mass is 10.4. The Labute approximate surface area is 120 Å². The number of hydrogen-bond acceptors (Lipinski definition) is 3. The fourth-order valence-electron chi connectivity index (χ4n) is 1.76. The highest BCUT2D eigenvalue weighted by Crippen LogP contribution is 2.34. The molecule has 0 bridgehead atoms. The summed E-state index contributed by atoms with van der Waals surface area (Å²) in [6.07, 6.45) is 2.23. The van der Waals surface area contributed by atoms with Crippen LogP contribution in [-0.4, -0.2) is 25.8 Å². The predicted octanol–water partition coefficient (Wildman–Crippen LogP) is 3.20. The van der Waals surface area contributed by atoms with Gasteiger partial charge >= 0.3 is 0 Å². The summed E-state index contributed by atoms with van der Waals surface area (Å²) < 4.78 is 31.9. The second-order valence-electron chi connectivity index (χ2n) is 4.38. The zero-order chi connectivity index (χ0) is 13.3. The molecule has 1 saturated carbocycles. The van der Waals surface area contributed by atoms with Crippen molar-refractivity contribution < 1.29 is 12.8 Å². The van der Waals surface area contributed by atoms with Crippen LogP contribution in [0, 0.1) is 5.92 Å². The molecule has 1 aromatic rings. The number of sulfonamides is 1. The van der Waals surface area contributed by atoms with Crippen molar-refractivity contribution in [3.8, 4) is 0 Å². The first-order valence-corrected chi connectivity index (χ1v) is 8.60. The second kappa shape index (κ2) is 5.53. The summed E-state index contributed by atoms with van der Waals surface area (Å²) in [5, 5.41) is 0. The third kappa shape index (κ3) is 2.92. The molecule has 1 aliphatic rings. The standard InChI is InChI=1S/C11H15BrClNO3S/c1-2-14(7-8-3-4-8)18(15,16)10-5-9(6-13)17-11(10)12/h5,8H,2-4,6-7H2,1H3. The van der Waals surface area contributed by atoms with Crippen molar-refractivity contribution in [2.75, 3.05) is 13.1 Å². The van der Waals surface area contributed by atoms with Gasteiger partial charge in [-0.2, -0.15) is 4.31 Å². The SMILES string of the molecule is CCN(CC1CC1)S(=O)(=O)c1cc(CCl)oc1Br. The summed E-state index contributed by atoms with van der Waals surface area (Å²) in [4.78, 5) is 0.167. The number of furan rings is 1. The molecule has 0 radical (unpaired) electrons. The molecule has 0 N–H and O–H groups in total. The number of nitrogens with zero attached hydrogens (tertiary/aromatic N) is 1. The molecule has 0 aromatic carbocycles. The Morgan fingerprint density at radius 2 is 2.22 bits per heavy atom. The van der Waals surface area contributed by atoms with Gasteiger partial charge in [0.25, 0.3) is 0 Å². The quantitative estimate of drug-likeness (QED) is 0.735. The van der Waals surface area contributed by atoms with Crippen LogP contribution in [0.25, 0.3) is 0 Å². The Balaban J connectivity index is 2.29. The highest BCUT2D eigenvalue weighted by molar-refractivity contribution is 9.10. The Morgan fingerprint density at radius 3 is 2.67 bits per heavy atom. The van der Waals surface area contributed by atoms with Crippen molar-refractivity contribution >= 4 is 37.6 Å². The lowest BCUT2D eigenvalue weighted by Crippen LogP contribution is -2.32. The second-order valence-corrected chi connectivity index (χ2v) is 7.28. The Hall–Kier alpha value is -0.0400. The van der Waals surface area contributed by atoms with E-state index in [1.54, 1.807) is 0 Å². The van der Waals surface area contributed by atoms with E-state index in [9.17, 15) is 8.42 Å².